The molecule has 0 radical (unpaired) electrons. The number of esters is 1. The molecule has 2 aliphatic rings. The Morgan fingerprint density at radius 3 is 2.75 bits per heavy atom. The van der Waals surface area contributed by atoms with E-state index in [1.165, 1.54) is 6.20 Å². The van der Waals surface area contributed by atoms with Gasteiger partial charge in [0, 0.05) is 24.7 Å². The van der Waals surface area contributed by atoms with Gasteiger partial charge in [0.1, 0.15) is 17.8 Å². The topological polar surface area (TPSA) is 161 Å². The van der Waals surface area contributed by atoms with Gasteiger partial charge in [-0.1, -0.05) is 24.3 Å². The molecule has 2 aromatic rings. The monoisotopic (exact) mass is 518 g/mol. The fourth-order valence-corrected chi connectivity index (χ4v) is 5.57. The molecule has 3 amide bonds. The highest BCUT2D eigenvalue weighted by Gasteiger charge is 2.39. The van der Waals surface area contributed by atoms with E-state index in [9.17, 15) is 27.6 Å². The number of fused-ring (bicyclic) bond motifs is 1. The Morgan fingerprint density at radius 2 is 1.97 bits per heavy atom. The summed E-state index contributed by atoms with van der Waals surface area (Å²) in [7, 11) is -3.70. The number of rotatable bonds is 7. The van der Waals surface area contributed by atoms with E-state index in [4.69, 9.17) is 9.47 Å². The van der Waals surface area contributed by atoms with Crippen molar-refractivity contribution in [2.45, 2.75) is 31.7 Å². The Hall–Kier alpha value is -3.58. The molecule has 36 heavy (non-hydrogen) atoms. The second kappa shape index (κ2) is 10.6. The summed E-state index contributed by atoms with van der Waals surface area (Å²) >= 11 is 0. The molecule has 3 unspecified atom stereocenters. The number of benzene rings is 1. The predicted octanol–water partition coefficient (Wildman–Crippen LogP) is -0.615. The molecule has 0 spiro atoms. The van der Waals surface area contributed by atoms with Gasteiger partial charge >= 0.3 is 5.97 Å². The normalized spacial score (nSPS) is 23.7. The smallest absolute Gasteiger partial charge is 0.310 e. The molecule has 2 N–H and O–H groups in total. The van der Waals surface area contributed by atoms with Crippen LogP contribution in [0.5, 0.6) is 0 Å². The van der Waals surface area contributed by atoms with Crippen LogP contribution in [0.15, 0.2) is 36.5 Å². The van der Waals surface area contributed by atoms with Gasteiger partial charge in [0.15, 0.2) is 9.84 Å². The average molecular weight is 519 g/mol. The van der Waals surface area contributed by atoms with E-state index < -0.39 is 64.2 Å². The molecule has 0 saturated carbocycles. The van der Waals surface area contributed by atoms with Crippen LogP contribution in [0.2, 0.25) is 0 Å². The molecule has 4 rings (SSSR count). The van der Waals surface area contributed by atoms with Crippen LogP contribution in [0.1, 0.15) is 23.8 Å². The summed E-state index contributed by atoms with van der Waals surface area (Å²) in [5.74, 6) is -3.51. The van der Waals surface area contributed by atoms with Crippen LogP contribution in [0, 0.1) is 0 Å². The second-order valence-corrected chi connectivity index (χ2v) is 10.7. The van der Waals surface area contributed by atoms with E-state index in [1.54, 1.807) is 37.3 Å². The first kappa shape index (κ1) is 25.5. The van der Waals surface area contributed by atoms with Crippen LogP contribution in [0.3, 0.4) is 0 Å². The van der Waals surface area contributed by atoms with Crippen molar-refractivity contribution in [3.05, 3.63) is 42.2 Å². The fourth-order valence-electron chi connectivity index (χ4n) is 4.17. The summed E-state index contributed by atoms with van der Waals surface area (Å²) in [5.41, 5.74) is 0.0553. The predicted molar refractivity (Wildman–Crippen MR) is 126 cm³/mol. The highest BCUT2D eigenvalue weighted by molar-refractivity contribution is 7.91. The third-order valence-electron chi connectivity index (χ3n) is 5.87. The van der Waals surface area contributed by atoms with Gasteiger partial charge in [-0.3, -0.25) is 24.2 Å². The van der Waals surface area contributed by atoms with Crippen LogP contribution in [-0.4, -0.2) is 91.6 Å². The van der Waals surface area contributed by atoms with Gasteiger partial charge in [0.05, 0.1) is 24.5 Å². The first-order chi connectivity index (χ1) is 17.2. The standard InChI is InChI=1S/C23H26N4O8S/c1-2-34-23-16(11-19(29)35-23)25-18(28)12-27-9-10-36(32,33)13-17(22(27)31)26-21(30)20-15-6-4-3-5-14(15)7-8-24-20/h3-8,16-17,23H,2,9-13H2,1H3,(H,25,28)(H,26,30). The van der Waals surface area contributed by atoms with Crippen LogP contribution >= 0.6 is 0 Å². The number of cyclic esters (lactones) is 1. The number of hydrogen-bond donors (Lipinski definition) is 2. The minimum Gasteiger partial charge on any atom is -0.433 e. The van der Waals surface area contributed by atoms with Crippen molar-refractivity contribution >= 4 is 44.3 Å². The van der Waals surface area contributed by atoms with Gasteiger partial charge in [-0.15, -0.1) is 0 Å². The lowest BCUT2D eigenvalue weighted by Gasteiger charge is -2.25. The molecule has 2 fully saturated rings. The van der Waals surface area contributed by atoms with E-state index in [-0.39, 0.29) is 31.0 Å². The number of carbonyl (C=O) groups is 4. The fraction of sp³-hybridized carbons (Fsp3) is 0.435. The third kappa shape index (κ3) is 5.79. The van der Waals surface area contributed by atoms with Gasteiger partial charge in [-0.25, -0.2) is 8.42 Å². The Balaban J connectivity index is 1.48. The average Bonchev–Trinajstić information content (AvgIpc) is 3.13. The maximum Gasteiger partial charge on any atom is 0.310 e. The van der Waals surface area contributed by atoms with E-state index in [2.05, 4.69) is 15.6 Å². The molecule has 1 aromatic carbocycles. The number of carbonyl (C=O) groups excluding carboxylic acids is 4. The quantitative estimate of drug-likeness (QED) is 0.455. The number of nitrogens with zero attached hydrogens (tertiary/aromatic N) is 2. The van der Waals surface area contributed by atoms with E-state index >= 15 is 0 Å². The van der Waals surface area contributed by atoms with Gasteiger partial charge in [-0.2, -0.15) is 0 Å². The van der Waals surface area contributed by atoms with E-state index in [1.807, 2.05) is 0 Å². The van der Waals surface area contributed by atoms with Crippen LogP contribution < -0.4 is 10.6 Å². The highest BCUT2D eigenvalue weighted by Crippen LogP contribution is 2.18. The molecule has 1 aromatic heterocycles. The number of nitrogens with one attached hydrogen (secondary N) is 2. The Labute approximate surface area is 207 Å². The van der Waals surface area contributed by atoms with Crippen molar-refractivity contribution in [2.24, 2.45) is 0 Å². The summed E-state index contributed by atoms with van der Waals surface area (Å²) in [6.07, 6.45) is 0.425. The van der Waals surface area contributed by atoms with Crippen LogP contribution in [0.4, 0.5) is 0 Å². The summed E-state index contributed by atoms with van der Waals surface area (Å²) in [6.45, 7) is 1.29. The number of amides is 3. The van der Waals surface area contributed by atoms with Crippen molar-refractivity contribution in [1.29, 1.82) is 0 Å². The van der Waals surface area contributed by atoms with E-state index in [0.29, 0.717) is 5.39 Å². The Morgan fingerprint density at radius 1 is 1.19 bits per heavy atom. The lowest BCUT2D eigenvalue weighted by Crippen LogP contribution is -2.53. The van der Waals surface area contributed by atoms with Gasteiger partial charge in [0.25, 0.3) is 5.91 Å². The second-order valence-electron chi connectivity index (χ2n) is 8.47. The lowest BCUT2D eigenvalue weighted by atomic mass is 10.1. The van der Waals surface area contributed by atoms with Crippen molar-refractivity contribution in [3.63, 3.8) is 0 Å². The first-order valence-electron chi connectivity index (χ1n) is 11.4. The summed E-state index contributed by atoms with van der Waals surface area (Å²) in [5, 5.41) is 6.41. The summed E-state index contributed by atoms with van der Waals surface area (Å²) in [4.78, 5) is 55.6. The molecule has 0 bridgehead atoms. The molecule has 0 aliphatic carbocycles. The van der Waals surface area contributed by atoms with Crippen molar-refractivity contribution in [3.8, 4) is 0 Å². The maximum absolute atomic E-state index is 13.2. The maximum atomic E-state index is 13.2. The molecule has 13 heteroatoms. The molecule has 3 atom stereocenters. The molecule has 12 nitrogen and oxygen atoms in total. The lowest BCUT2D eigenvalue weighted by molar-refractivity contribution is -0.164. The number of hydrogen-bond acceptors (Lipinski definition) is 9. The Bertz CT molecular complexity index is 1290. The minimum atomic E-state index is -3.70. The number of pyridine rings is 1. The van der Waals surface area contributed by atoms with Crippen molar-refractivity contribution < 1.29 is 37.1 Å². The largest absolute Gasteiger partial charge is 0.433 e. The zero-order valence-corrected chi connectivity index (χ0v) is 20.3. The zero-order valence-electron chi connectivity index (χ0n) is 19.5. The first-order valence-corrected chi connectivity index (χ1v) is 13.2. The van der Waals surface area contributed by atoms with Crippen molar-refractivity contribution in [2.75, 3.05) is 31.2 Å². The van der Waals surface area contributed by atoms with Crippen LogP contribution in [-0.2, 0) is 33.7 Å². The molecule has 2 saturated heterocycles. The molecule has 2 aliphatic heterocycles. The number of ether oxygens (including phenoxy) is 2. The van der Waals surface area contributed by atoms with Gasteiger partial charge in [-0.05, 0) is 18.4 Å². The van der Waals surface area contributed by atoms with Gasteiger partial charge in [0.2, 0.25) is 18.1 Å². The molecule has 192 valence electrons. The van der Waals surface area contributed by atoms with Crippen molar-refractivity contribution in [1.82, 2.24) is 20.5 Å². The summed E-state index contributed by atoms with van der Waals surface area (Å²) in [6, 6.07) is 6.64. The summed E-state index contributed by atoms with van der Waals surface area (Å²) < 4.78 is 35.3. The number of aromatic nitrogens is 1. The molecular weight excluding hydrogens is 492 g/mol. The Kier molecular flexibility index (Phi) is 7.50. The van der Waals surface area contributed by atoms with E-state index in [0.717, 1.165) is 10.3 Å². The van der Waals surface area contributed by atoms with Crippen LogP contribution in [0.25, 0.3) is 10.8 Å². The van der Waals surface area contributed by atoms with Gasteiger partial charge < -0.3 is 25.0 Å². The molecular formula is C23H26N4O8S. The number of sulfone groups is 1. The zero-order chi connectivity index (χ0) is 25.9. The minimum absolute atomic E-state index is 0.0553. The SMILES string of the molecule is CCOC1OC(=O)CC1NC(=O)CN1CCS(=O)(=O)CC(NC(=O)c2nccc3ccccc23)C1=O. The highest BCUT2D eigenvalue weighted by atomic mass is 32.2. The third-order valence-corrected chi connectivity index (χ3v) is 7.52. The molecule has 3 heterocycles.